The fraction of sp³-hybridized carbons (Fsp3) is 0.250. The average molecular weight is 422 g/mol. The van der Waals surface area contributed by atoms with Crippen molar-refractivity contribution in [3.63, 3.8) is 0 Å². The fourth-order valence-corrected chi connectivity index (χ4v) is 4.28. The smallest absolute Gasteiger partial charge is 0.308 e. The molecule has 2 heterocycles. The number of fused-ring (bicyclic) bond motifs is 1. The Hall–Kier alpha value is -3.05. The second-order valence-corrected chi connectivity index (χ2v) is 8.00. The highest BCUT2D eigenvalue weighted by molar-refractivity contribution is 6.33. The molecule has 2 aromatic carbocycles. The Labute approximate surface area is 180 Å². The highest BCUT2D eigenvalue weighted by Crippen LogP contribution is 2.34. The Morgan fingerprint density at radius 2 is 2.10 bits per heavy atom. The number of amides is 1. The lowest BCUT2D eigenvalue weighted by atomic mass is 9.97. The predicted octanol–water partition coefficient (Wildman–Crippen LogP) is 4.64. The summed E-state index contributed by atoms with van der Waals surface area (Å²) in [7, 11) is 2.00. The molecule has 3 aromatic rings. The first kappa shape index (κ1) is 20.2. The number of aryl methyl sites for hydroxylation is 1. The molecule has 1 aromatic heterocycles. The number of likely N-dealkylation sites (tertiary alicyclic amines) is 1. The van der Waals surface area contributed by atoms with E-state index in [-0.39, 0.29) is 12.5 Å². The molecule has 30 heavy (non-hydrogen) atoms. The number of nitrogens with zero attached hydrogens (tertiary/aromatic N) is 2. The van der Waals surface area contributed by atoms with Crippen LogP contribution in [0.3, 0.4) is 0 Å². The zero-order valence-corrected chi connectivity index (χ0v) is 17.4. The average Bonchev–Trinajstić information content (AvgIpc) is 3.12. The number of aromatic nitrogens is 1. The number of hydrogen-bond donors (Lipinski definition) is 1. The van der Waals surface area contributed by atoms with Gasteiger partial charge in [-0.05, 0) is 48.2 Å². The summed E-state index contributed by atoms with van der Waals surface area (Å²) in [5, 5.41) is 10.8. The van der Waals surface area contributed by atoms with Gasteiger partial charge in [0.2, 0.25) is 5.91 Å². The van der Waals surface area contributed by atoms with Gasteiger partial charge in [-0.1, -0.05) is 29.8 Å². The fourth-order valence-electron chi connectivity index (χ4n) is 4.00. The minimum Gasteiger partial charge on any atom is -0.481 e. The van der Waals surface area contributed by atoms with Crippen LogP contribution in [0.15, 0.2) is 48.7 Å². The van der Waals surface area contributed by atoms with Gasteiger partial charge >= 0.3 is 5.97 Å². The third kappa shape index (κ3) is 3.98. The van der Waals surface area contributed by atoms with Crippen LogP contribution in [0.5, 0.6) is 0 Å². The molecule has 0 spiro atoms. The van der Waals surface area contributed by atoms with E-state index in [4.69, 9.17) is 11.6 Å². The Morgan fingerprint density at radius 1 is 1.27 bits per heavy atom. The van der Waals surface area contributed by atoms with Gasteiger partial charge in [-0.3, -0.25) is 9.59 Å². The summed E-state index contributed by atoms with van der Waals surface area (Å²) in [6.07, 6.45) is 6.57. The van der Waals surface area contributed by atoms with Crippen LogP contribution in [0.4, 0.5) is 0 Å². The van der Waals surface area contributed by atoms with E-state index in [1.165, 1.54) is 6.08 Å². The van der Waals surface area contributed by atoms with Gasteiger partial charge in [-0.15, -0.1) is 0 Å². The van der Waals surface area contributed by atoms with Crippen molar-refractivity contribution in [2.45, 2.75) is 12.8 Å². The maximum absolute atomic E-state index is 12.7. The number of aliphatic carboxylic acids is 1. The minimum absolute atomic E-state index is 0.186. The number of carbonyl (C=O) groups is 2. The van der Waals surface area contributed by atoms with Gasteiger partial charge in [-0.25, -0.2) is 0 Å². The molecule has 4 rings (SSSR count). The van der Waals surface area contributed by atoms with Crippen molar-refractivity contribution in [1.82, 2.24) is 9.47 Å². The first-order valence-corrected chi connectivity index (χ1v) is 10.3. The molecule has 1 amide bonds. The van der Waals surface area contributed by atoms with Crippen molar-refractivity contribution >= 4 is 40.5 Å². The van der Waals surface area contributed by atoms with E-state index < -0.39 is 11.9 Å². The molecule has 0 saturated carbocycles. The normalized spacial score (nSPS) is 17.0. The Balaban J connectivity index is 1.62. The molecular formula is C24H22ClN2O3. The highest BCUT2D eigenvalue weighted by atomic mass is 35.5. The second-order valence-electron chi connectivity index (χ2n) is 7.62. The molecule has 1 N–H and O–H groups in total. The molecule has 6 heteroatoms. The van der Waals surface area contributed by atoms with Gasteiger partial charge in [0.25, 0.3) is 0 Å². The summed E-state index contributed by atoms with van der Waals surface area (Å²) in [4.78, 5) is 25.5. The van der Waals surface area contributed by atoms with E-state index in [0.29, 0.717) is 24.4 Å². The molecule has 5 nitrogen and oxygen atoms in total. The monoisotopic (exact) mass is 421 g/mol. The summed E-state index contributed by atoms with van der Waals surface area (Å²) in [5.74, 6) is -1.53. The summed E-state index contributed by atoms with van der Waals surface area (Å²) < 4.78 is 2.06. The first-order chi connectivity index (χ1) is 14.4. The number of rotatable bonds is 4. The molecule has 153 valence electrons. The molecular weight excluding hydrogens is 400 g/mol. The Morgan fingerprint density at radius 3 is 2.90 bits per heavy atom. The summed E-state index contributed by atoms with van der Waals surface area (Å²) >= 11 is 6.48. The summed E-state index contributed by atoms with van der Waals surface area (Å²) in [6.45, 7) is 0.827. The van der Waals surface area contributed by atoms with E-state index >= 15 is 0 Å². The molecule has 1 radical (unpaired) electrons. The second kappa shape index (κ2) is 8.36. The molecule has 0 aliphatic carbocycles. The van der Waals surface area contributed by atoms with Crippen molar-refractivity contribution in [2.75, 3.05) is 13.1 Å². The number of carbonyl (C=O) groups excluding carboxylic acids is 1. The molecule has 1 fully saturated rings. The molecule has 1 aliphatic heterocycles. The van der Waals surface area contributed by atoms with Crippen LogP contribution in [0.1, 0.15) is 18.4 Å². The number of halogens is 1. The molecule has 1 aliphatic rings. The Bertz CT molecular complexity index is 1150. The van der Waals surface area contributed by atoms with Gasteiger partial charge in [0.15, 0.2) is 0 Å². The van der Waals surface area contributed by atoms with Crippen LogP contribution in [-0.4, -0.2) is 39.5 Å². The summed E-state index contributed by atoms with van der Waals surface area (Å²) in [5.41, 5.74) is 3.71. The number of carboxylic acids is 1. The SMILES string of the molecule is Cn1ccc2cc(-c3c(Cl)[c]ccc3/C=C/C(=O)N3CCCC(C(=O)O)C3)ccc21. The van der Waals surface area contributed by atoms with Gasteiger partial charge in [0.05, 0.1) is 10.9 Å². The van der Waals surface area contributed by atoms with E-state index in [9.17, 15) is 14.7 Å². The largest absolute Gasteiger partial charge is 0.481 e. The highest BCUT2D eigenvalue weighted by Gasteiger charge is 2.27. The van der Waals surface area contributed by atoms with E-state index in [2.05, 4.69) is 16.7 Å². The molecule has 0 bridgehead atoms. The maximum Gasteiger partial charge on any atom is 0.308 e. The third-order valence-electron chi connectivity index (χ3n) is 5.64. The van der Waals surface area contributed by atoms with Crippen LogP contribution >= 0.6 is 11.6 Å². The predicted molar refractivity (Wildman–Crippen MR) is 118 cm³/mol. The van der Waals surface area contributed by atoms with Crippen molar-refractivity contribution < 1.29 is 14.7 Å². The molecule has 1 saturated heterocycles. The maximum atomic E-state index is 12.7. The van der Waals surface area contributed by atoms with Gasteiger partial charge < -0.3 is 14.6 Å². The van der Waals surface area contributed by atoms with E-state index in [1.54, 1.807) is 17.0 Å². The lowest BCUT2D eigenvalue weighted by Crippen LogP contribution is -2.41. The zero-order chi connectivity index (χ0) is 21.3. The number of hydrogen-bond acceptors (Lipinski definition) is 2. The van der Waals surface area contributed by atoms with Crippen LogP contribution in [0.2, 0.25) is 5.02 Å². The van der Waals surface area contributed by atoms with Crippen molar-refractivity contribution in [1.29, 1.82) is 0 Å². The minimum atomic E-state index is -0.847. The van der Waals surface area contributed by atoms with Crippen LogP contribution < -0.4 is 0 Å². The van der Waals surface area contributed by atoms with Gasteiger partial charge in [0, 0.05) is 54.9 Å². The quantitative estimate of drug-likeness (QED) is 0.624. The summed E-state index contributed by atoms with van der Waals surface area (Å²) in [6, 6.07) is 14.8. The number of carboxylic acid groups (broad SMARTS) is 1. The molecule has 1 atom stereocenters. The third-order valence-corrected chi connectivity index (χ3v) is 5.94. The van der Waals surface area contributed by atoms with E-state index in [0.717, 1.165) is 27.6 Å². The molecule has 1 unspecified atom stereocenters. The Kier molecular flexibility index (Phi) is 5.64. The zero-order valence-electron chi connectivity index (χ0n) is 16.6. The lowest BCUT2D eigenvalue weighted by Gasteiger charge is -2.29. The van der Waals surface area contributed by atoms with Crippen molar-refractivity contribution in [3.05, 3.63) is 65.3 Å². The number of piperidine rings is 1. The topological polar surface area (TPSA) is 62.5 Å². The van der Waals surface area contributed by atoms with Crippen LogP contribution in [0.25, 0.3) is 28.1 Å². The number of benzene rings is 2. The van der Waals surface area contributed by atoms with Crippen LogP contribution in [-0.2, 0) is 16.6 Å². The van der Waals surface area contributed by atoms with Crippen molar-refractivity contribution in [3.8, 4) is 11.1 Å². The standard InChI is InChI=1S/C24H22ClN2O3/c1-26-13-11-17-14-18(7-9-21(17)26)23-16(4-2-6-20(23)25)8-10-22(28)27-12-3-5-19(15-27)24(29)30/h2,4,7-11,13-14,19H,3,5,12,15H2,1H3,(H,29,30)/b10-8+. The van der Waals surface area contributed by atoms with Gasteiger partial charge in [-0.2, -0.15) is 0 Å². The van der Waals surface area contributed by atoms with Crippen LogP contribution in [0, 0.1) is 12.0 Å². The van der Waals surface area contributed by atoms with Crippen molar-refractivity contribution in [2.24, 2.45) is 13.0 Å². The first-order valence-electron chi connectivity index (χ1n) is 9.89. The van der Waals surface area contributed by atoms with E-state index in [1.807, 2.05) is 37.5 Å². The van der Waals surface area contributed by atoms with Gasteiger partial charge in [0.1, 0.15) is 0 Å². The lowest BCUT2D eigenvalue weighted by molar-refractivity contribution is -0.144.